The second-order valence-electron chi connectivity index (χ2n) is 5.67. The van der Waals surface area contributed by atoms with Crippen molar-refractivity contribution in [1.29, 1.82) is 0 Å². The van der Waals surface area contributed by atoms with Gasteiger partial charge in [-0.3, -0.25) is 9.59 Å². The first kappa shape index (κ1) is 14.3. The summed E-state index contributed by atoms with van der Waals surface area (Å²) >= 11 is 0. The van der Waals surface area contributed by atoms with E-state index < -0.39 is 6.04 Å². The lowest BCUT2D eigenvalue weighted by Gasteiger charge is -2.16. The van der Waals surface area contributed by atoms with Crippen LogP contribution in [0.1, 0.15) is 17.5 Å². The highest BCUT2D eigenvalue weighted by molar-refractivity contribution is 6.23. The molecule has 4 heteroatoms. The molecule has 0 radical (unpaired) electrons. The van der Waals surface area contributed by atoms with Gasteiger partial charge >= 0.3 is 0 Å². The van der Waals surface area contributed by atoms with Crippen molar-refractivity contribution in [3.63, 3.8) is 0 Å². The Morgan fingerprint density at radius 2 is 1.45 bits per heavy atom. The molecule has 1 fully saturated rings. The van der Waals surface area contributed by atoms with Crippen LogP contribution in [0.2, 0.25) is 0 Å². The highest BCUT2D eigenvalue weighted by Crippen LogP contribution is 2.25. The van der Waals surface area contributed by atoms with Crippen LogP contribution >= 0.6 is 0 Å². The Labute approximate surface area is 129 Å². The molecule has 0 unspecified atom stereocenters. The van der Waals surface area contributed by atoms with Gasteiger partial charge < -0.3 is 5.32 Å². The van der Waals surface area contributed by atoms with Crippen LogP contribution in [0.15, 0.2) is 48.5 Å². The molecular formula is C18H18N2O2. The monoisotopic (exact) mass is 294 g/mol. The van der Waals surface area contributed by atoms with Crippen molar-refractivity contribution < 1.29 is 9.59 Å². The lowest BCUT2D eigenvalue weighted by molar-refractivity contribution is -0.121. The quantitative estimate of drug-likeness (QED) is 0.885. The van der Waals surface area contributed by atoms with Crippen LogP contribution in [0, 0.1) is 13.8 Å². The van der Waals surface area contributed by atoms with E-state index in [0.29, 0.717) is 5.69 Å². The normalized spacial score (nSPS) is 17.9. The van der Waals surface area contributed by atoms with Gasteiger partial charge in [-0.15, -0.1) is 0 Å². The third-order valence-corrected chi connectivity index (χ3v) is 3.83. The molecule has 1 heterocycles. The van der Waals surface area contributed by atoms with E-state index in [-0.39, 0.29) is 18.2 Å². The van der Waals surface area contributed by atoms with Gasteiger partial charge in [0, 0.05) is 5.69 Å². The molecule has 0 aromatic heterocycles. The smallest absolute Gasteiger partial charge is 0.256 e. The van der Waals surface area contributed by atoms with E-state index in [4.69, 9.17) is 0 Å². The van der Waals surface area contributed by atoms with Crippen molar-refractivity contribution in [1.82, 2.24) is 0 Å². The predicted octanol–water partition coefficient (Wildman–Crippen LogP) is 3.05. The number of imide groups is 1. The molecule has 0 bridgehead atoms. The highest BCUT2D eigenvalue weighted by atomic mass is 16.2. The van der Waals surface area contributed by atoms with Crippen molar-refractivity contribution in [3.8, 4) is 0 Å². The molecule has 2 aromatic carbocycles. The molecular weight excluding hydrogens is 276 g/mol. The van der Waals surface area contributed by atoms with Crippen LogP contribution in [0.25, 0.3) is 0 Å². The number of hydrogen-bond acceptors (Lipinski definition) is 3. The summed E-state index contributed by atoms with van der Waals surface area (Å²) in [5.41, 5.74) is 3.73. The lowest BCUT2D eigenvalue weighted by atomic mass is 10.2. The molecule has 22 heavy (non-hydrogen) atoms. The molecule has 0 saturated carbocycles. The molecule has 1 aliphatic heterocycles. The van der Waals surface area contributed by atoms with Crippen LogP contribution in [-0.4, -0.2) is 17.9 Å². The van der Waals surface area contributed by atoms with Gasteiger partial charge in [0.2, 0.25) is 5.91 Å². The van der Waals surface area contributed by atoms with E-state index in [1.54, 1.807) is 12.1 Å². The zero-order valence-electron chi connectivity index (χ0n) is 12.7. The maximum Gasteiger partial charge on any atom is 0.256 e. The van der Waals surface area contributed by atoms with Gasteiger partial charge in [-0.2, -0.15) is 0 Å². The summed E-state index contributed by atoms with van der Waals surface area (Å²) < 4.78 is 0. The number of amides is 2. The second-order valence-corrected chi connectivity index (χ2v) is 5.67. The summed E-state index contributed by atoms with van der Waals surface area (Å²) in [7, 11) is 0. The number of hydrogen-bond donors (Lipinski definition) is 1. The third-order valence-electron chi connectivity index (χ3n) is 3.83. The first-order valence-corrected chi connectivity index (χ1v) is 7.31. The van der Waals surface area contributed by atoms with E-state index in [0.717, 1.165) is 16.8 Å². The van der Waals surface area contributed by atoms with Gasteiger partial charge in [0.25, 0.3) is 5.91 Å². The average Bonchev–Trinajstić information content (AvgIpc) is 2.77. The second kappa shape index (κ2) is 5.64. The fourth-order valence-corrected chi connectivity index (χ4v) is 2.56. The molecule has 4 nitrogen and oxygen atoms in total. The predicted molar refractivity (Wildman–Crippen MR) is 86.9 cm³/mol. The molecule has 1 aliphatic rings. The van der Waals surface area contributed by atoms with Crippen molar-refractivity contribution >= 4 is 23.2 Å². The molecule has 1 saturated heterocycles. The maximum atomic E-state index is 12.5. The standard InChI is InChI=1S/C18H18N2O2/c1-12-3-7-14(8-4-12)19-16-11-17(21)20(18(16)22)15-9-5-13(2)6-10-15/h3-10,16,19H,11H2,1-2H3/t16-/m0/s1. The van der Waals surface area contributed by atoms with Crippen LogP contribution < -0.4 is 10.2 Å². The van der Waals surface area contributed by atoms with E-state index in [9.17, 15) is 9.59 Å². The average molecular weight is 294 g/mol. The minimum Gasteiger partial charge on any atom is -0.373 e. The van der Waals surface area contributed by atoms with Gasteiger partial charge in [-0.05, 0) is 38.1 Å². The Morgan fingerprint density at radius 3 is 2.05 bits per heavy atom. The molecule has 0 spiro atoms. The molecule has 0 aliphatic carbocycles. The lowest BCUT2D eigenvalue weighted by Crippen LogP contribution is -2.34. The highest BCUT2D eigenvalue weighted by Gasteiger charge is 2.39. The first-order chi connectivity index (χ1) is 10.5. The molecule has 2 aromatic rings. The first-order valence-electron chi connectivity index (χ1n) is 7.31. The van der Waals surface area contributed by atoms with Crippen molar-refractivity contribution in [2.75, 3.05) is 10.2 Å². The number of carbonyl (C=O) groups excluding carboxylic acids is 2. The Morgan fingerprint density at radius 1 is 0.909 bits per heavy atom. The number of aryl methyl sites for hydroxylation is 2. The largest absolute Gasteiger partial charge is 0.373 e. The summed E-state index contributed by atoms with van der Waals surface area (Å²) in [6.45, 7) is 3.98. The molecule has 1 N–H and O–H groups in total. The molecule has 2 amide bonds. The van der Waals surface area contributed by atoms with E-state index in [1.807, 2.05) is 50.2 Å². The zero-order valence-corrected chi connectivity index (χ0v) is 12.7. The van der Waals surface area contributed by atoms with Crippen molar-refractivity contribution in [2.24, 2.45) is 0 Å². The van der Waals surface area contributed by atoms with Crippen LogP contribution in [-0.2, 0) is 9.59 Å². The summed E-state index contributed by atoms with van der Waals surface area (Å²) in [4.78, 5) is 26.0. The van der Waals surface area contributed by atoms with E-state index in [1.165, 1.54) is 4.90 Å². The number of benzene rings is 2. The van der Waals surface area contributed by atoms with Gasteiger partial charge in [-0.25, -0.2) is 4.90 Å². The van der Waals surface area contributed by atoms with E-state index in [2.05, 4.69) is 5.32 Å². The Bertz CT molecular complexity index is 705. The molecule has 3 rings (SSSR count). The number of anilines is 2. The van der Waals surface area contributed by atoms with Crippen LogP contribution in [0.3, 0.4) is 0 Å². The third kappa shape index (κ3) is 2.72. The van der Waals surface area contributed by atoms with Crippen LogP contribution in [0.4, 0.5) is 11.4 Å². The van der Waals surface area contributed by atoms with Crippen molar-refractivity contribution in [3.05, 3.63) is 59.7 Å². The van der Waals surface area contributed by atoms with Gasteiger partial charge in [0.1, 0.15) is 6.04 Å². The minimum atomic E-state index is -0.503. The Balaban J connectivity index is 1.79. The van der Waals surface area contributed by atoms with E-state index >= 15 is 0 Å². The summed E-state index contributed by atoms with van der Waals surface area (Å²) in [5, 5.41) is 3.15. The molecule has 1 atom stereocenters. The summed E-state index contributed by atoms with van der Waals surface area (Å²) in [6, 6.07) is 14.7. The zero-order chi connectivity index (χ0) is 15.7. The topological polar surface area (TPSA) is 49.4 Å². The fraction of sp³-hybridized carbons (Fsp3) is 0.222. The van der Waals surface area contributed by atoms with Crippen molar-refractivity contribution in [2.45, 2.75) is 26.3 Å². The summed E-state index contributed by atoms with van der Waals surface area (Å²) in [6.07, 6.45) is 0.181. The minimum absolute atomic E-state index is 0.168. The SMILES string of the molecule is Cc1ccc(N[C@H]2CC(=O)N(c3ccc(C)cc3)C2=O)cc1. The van der Waals surface area contributed by atoms with Gasteiger partial charge in [0.05, 0.1) is 12.1 Å². The number of nitrogens with zero attached hydrogens (tertiary/aromatic N) is 1. The van der Waals surface area contributed by atoms with Gasteiger partial charge in [0.15, 0.2) is 0 Å². The summed E-state index contributed by atoms with van der Waals surface area (Å²) in [5.74, 6) is -0.368. The Kier molecular flexibility index (Phi) is 3.67. The Hall–Kier alpha value is -2.62. The maximum absolute atomic E-state index is 12.5. The number of rotatable bonds is 3. The number of carbonyl (C=O) groups is 2. The van der Waals surface area contributed by atoms with Gasteiger partial charge in [-0.1, -0.05) is 35.4 Å². The number of nitrogens with one attached hydrogen (secondary N) is 1. The molecule has 112 valence electrons. The van der Waals surface area contributed by atoms with Crippen LogP contribution in [0.5, 0.6) is 0 Å². The fourth-order valence-electron chi connectivity index (χ4n) is 2.56.